The standard InChI is InChI=1S/C18H17N5O3/c1-22-7-6-16(21-22)23-10-14-12(18(23)24)4-5-13(20-14)11-8-15(25-2)17(26-3)19-9-11/h4-10,24H,1-3H3. The van der Waals surface area contributed by atoms with Crippen molar-refractivity contribution in [3.8, 4) is 34.6 Å². The maximum atomic E-state index is 10.5. The number of rotatable bonds is 4. The Morgan fingerprint density at radius 2 is 1.96 bits per heavy atom. The number of ether oxygens (including phenoxy) is 2. The fourth-order valence-corrected chi connectivity index (χ4v) is 2.81. The van der Waals surface area contributed by atoms with Crippen LogP contribution in [-0.4, -0.2) is 43.6 Å². The second kappa shape index (κ2) is 6.07. The zero-order valence-electron chi connectivity index (χ0n) is 14.5. The molecule has 4 heterocycles. The molecule has 132 valence electrons. The minimum absolute atomic E-state index is 0.100. The summed E-state index contributed by atoms with van der Waals surface area (Å²) >= 11 is 0. The molecule has 4 rings (SSSR count). The topological polar surface area (TPSA) is 87.2 Å². The summed E-state index contributed by atoms with van der Waals surface area (Å²) < 4.78 is 13.7. The van der Waals surface area contributed by atoms with Gasteiger partial charge < -0.3 is 14.6 Å². The summed E-state index contributed by atoms with van der Waals surface area (Å²) in [6.45, 7) is 0. The molecule has 8 nitrogen and oxygen atoms in total. The first kappa shape index (κ1) is 15.9. The van der Waals surface area contributed by atoms with Gasteiger partial charge in [0, 0.05) is 37.3 Å². The number of aromatic nitrogens is 5. The molecule has 0 aliphatic carbocycles. The van der Waals surface area contributed by atoms with Gasteiger partial charge in [-0.1, -0.05) is 0 Å². The molecule has 1 N–H and O–H groups in total. The van der Waals surface area contributed by atoms with Crippen molar-refractivity contribution in [3.05, 3.63) is 42.9 Å². The van der Waals surface area contributed by atoms with Crippen molar-refractivity contribution >= 4 is 10.9 Å². The smallest absolute Gasteiger partial charge is 0.256 e. The highest BCUT2D eigenvalue weighted by molar-refractivity contribution is 5.87. The van der Waals surface area contributed by atoms with Gasteiger partial charge >= 0.3 is 0 Å². The molecule has 26 heavy (non-hydrogen) atoms. The van der Waals surface area contributed by atoms with E-state index in [1.807, 2.05) is 37.5 Å². The predicted molar refractivity (Wildman–Crippen MR) is 95.8 cm³/mol. The zero-order chi connectivity index (χ0) is 18.3. The van der Waals surface area contributed by atoms with E-state index in [2.05, 4.69) is 15.1 Å². The number of aromatic hydroxyl groups is 1. The average Bonchev–Trinajstić information content (AvgIpc) is 3.24. The summed E-state index contributed by atoms with van der Waals surface area (Å²) in [6.07, 6.45) is 5.24. The van der Waals surface area contributed by atoms with Crippen molar-refractivity contribution in [3.63, 3.8) is 0 Å². The molecule has 0 bridgehead atoms. The largest absolute Gasteiger partial charge is 0.494 e. The Bertz CT molecular complexity index is 1100. The van der Waals surface area contributed by atoms with Gasteiger partial charge in [0.1, 0.15) is 0 Å². The van der Waals surface area contributed by atoms with Crippen molar-refractivity contribution in [1.29, 1.82) is 0 Å². The third-order valence-electron chi connectivity index (χ3n) is 4.12. The third-order valence-corrected chi connectivity index (χ3v) is 4.12. The van der Waals surface area contributed by atoms with Crippen LogP contribution in [0.4, 0.5) is 0 Å². The van der Waals surface area contributed by atoms with Crippen LogP contribution in [0.1, 0.15) is 0 Å². The molecule has 0 aromatic carbocycles. The maximum absolute atomic E-state index is 10.5. The lowest BCUT2D eigenvalue weighted by atomic mass is 10.1. The van der Waals surface area contributed by atoms with Crippen LogP contribution >= 0.6 is 0 Å². The summed E-state index contributed by atoms with van der Waals surface area (Å²) in [7, 11) is 4.92. The zero-order valence-corrected chi connectivity index (χ0v) is 14.5. The molecule has 0 amide bonds. The van der Waals surface area contributed by atoms with Gasteiger partial charge in [0.25, 0.3) is 5.88 Å². The third kappa shape index (κ3) is 2.52. The molecule has 0 spiro atoms. The SMILES string of the molecule is COc1cc(-c2ccc3c(O)n(-c4ccn(C)n4)cc3n2)cnc1OC. The molecule has 4 aromatic rings. The quantitative estimate of drug-likeness (QED) is 0.608. The van der Waals surface area contributed by atoms with Gasteiger partial charge in [-0.25, -0.2) is 9.97 Å². The number of methoxy groups -OCH3 is 2. The number of hydrogen-bond donors (Lipinski definition) is 1. The monoisotopic (exact) mass is 351 g/mol. The first-order valence-electron chi connectivity index (χ1n) is 7.90. The van der Waals surface area contributed by atoms with Crippen LogP contribution in [0.25, 0.3) is 28.0 Å². The molecule has 0 atom stereocenters. The molecule has 4 aromatic heterocycles. The summed E-state index contributed by atoms with van der Waals surface area (Å²) in [5.41, 5.74) is 2.15. The Labute approximate surface area is 149 Å². The molecule has 0 fully saturated rings. The highest BCUT2D eigenvalue weighted by Gasteiger charge is 2.15. The van der Waals surface area contributed by atoms with Crippen molar-refractivity contribution < 1.29 is 14.6 Å². The average molecular weight is 351 g/mol. The van der Waals surface area contributed by atoms with Gasteiger partial charge in [-0.05, 0) is 18.2 Å². The minimum atomic E-state index is 0.100. The van der Waals surface area contributed by atoms with Gasteiger partial charge in [0.05, 0.1) is 30.8 Å². The molecule has 0 radical (unpaired) electrons. The maximum Gasteiger partial charge on any atom is 0.256 e. The van der Waals surface area contributed by atoms with Crippen molar-refractivity contribution in [1.82, 2.24) is 24.3 Å². The van der Waals surface area contributed by atoms with Crippen LogP contribution < -0.4 is 9.47 Å². The molecule has 0 aliphatic rings. The minimum Gasteiger partial charge on any atom is -0.494 e. The van der Waals surface area contributed by atoms with Gasteiger partial charge in [0.2, 0.25) is 5.88 Å². The van der Waals surface area contributed by atoms with Gasteiger partial charge in [-0.2, -0.15) is 5.10 Å². The van der Waals surface area contributed by atoms with Crippen molar-refractivity contribution in [2.45, 2.75) is 0 Å². The van der Waals surface area contributed by atoms with E-state index in [0.717, 1.165) is 5.56 Å². The molecule has 0 aliphatic heterocycles. The van der Waals surface area contributed by atoms with Crippen molar-refractivity contribution in [2.24, 2.45) is 7.05 Å². The molecule has 8 heteroatoms. The Morgan fingerprint density at radius 1 is 1.12 bits per heavy atom. The molecular formula is C18H17N5O3. The lowest BCUT2D eigenvalue weighted by Gasteiger charge is -2.08. The summed E-state index contributed by atoms with van der Waals surface area (Å²) in [5.74, 6) is 1.66. The summed E-state index contributed by atoms with van der Waals surface area (Å²) in [5, 5.41) is 15.4. The molecule has 0 unspecified atom stereocenters. The van der Waals surface area contributed by atoms with E-state index < -0.39 is 0 Å². The lowest BCUT2D eigenvalue weighted by Crippen LogP contribution is -1.95. The number of pyridine rings is 2. The molecule has 0 saturated heterocycles. The first-order valence-corrected chi connectivity index (χ1v) is 7.90. The van der Waals surface area contributed by atoms with E-state index in [0.29, 0.717) is 34.0 Å². The second-order valence-corrected chi connectivity index (χ2v) is 5.74. The van der Waals surface area contributed by atoms with Crippen LogP contribution in [0.5, 0.6) is 17.5 Å². The Balaban J connectivity index is 1.81. The Morgan fingerprint density at radius 3 is 2.65 bits per heavy atom. The number of nitrogens with zero attached hydrogens (tertiary/aromatic N) is 5. The summed E-state index contributed by atoms with van der Waals surface area (Å²) in [4.78, 5) is 8.88. The lowest BCUT2D eigenvalue weighted by molar-refractivity contribution is 0.343. The normalized spacial score (nSPS) is 11.0. The van der Waals surface area contributed by atoms with Gasteiger partial charge in [-0.15, -0.1) is 0 Å². The van der Waals surface area contributed by atoms with Gasteiger partial charge in [0.15, 0.2) is 11.6 Å². The van der Waals surface area contributed by atoms with E-state index in [-0.39, 0.29) is 5.88 Å². The van der Waals surface area contributed by atoms with Crippen LogP contribution in [-0.2, 0) is 7.05 Å². The van der Waals surface area contributed by atoms with Crippen molar-refractivity contribution in [2.75, 3.05) is 14.2 Å². The van der Waals surface area contributed by atoms with E-state index >= 15 is 0 Å². The Kier molecular flexibility index (Phi) is 3.72. The van der Waals surface area contributed by atoms with Crippen LogP contribution in [0.3, 0.4) is 0 Å². The molecular weight excluding hydrogens is 334 g/mol. The number of fused-ring (bicyclic) bond motifs is 1. The molecule has 0 saturated carbocycles. The summed E-state index contributed by atoms with van der Waals surface area (Å²) in [6, 6.07) is 7.28. The van der Waals surface area contributed by atoms with E-state index in [1.54, 1.807) is 28.8 Å². The second-order valence-electron chi connectivity index (χ2n) is 5.74. The number of hydrogen-bond acceptors (Lipinski definition) is 6. The van der Waals surface area contributed by atoms with E-state index in [9.17, 15) is 5.11 Å². The van der Waals surface area contributed by atoms with Crippen LogP contribution in [0.15, 0.2) is 42.9 Å². The Hall–Kier alpha value is -3.55. The predicted octanol–water partition coefficient (Wildman–Crippen LogP) is 2.54. The highest BCUT2D eigenvalue weighted by Crippen LogP contribution is 2.33. The van der Waals surface area contributed by atoms with Crippen LogP contribution in [0.2, 0.25) is 0 Å². The van der Waals surface area contributed by atoms with Gasteiger partial charge in [-0.3, -0.25) is 9.25 Å². The fraction of sp³-hybridized carbons (Fsp3) is 0.167. The van der Waals surface area contributed by atoms with Crippen LogP contribution in [0, 0.1) is 0 Å². The fourth-order valence-electron chi connectivity index (χ4n) is 2.81. The first-order chi connectivity index (χ1) is 12.6. The number of aryl methyl sites for hydroxylation is 1. The van der Waals surface area contributed by atoms with E-state index in [4.69, 9.17) is 9.47 Å². The highest BCUT2D eigenvalue weighted by atomic mass is 16.5. The van der Waals surface area contributed by atoms with E-state index in [1.165, 1.54) is 7.11 Å².